The molecule has 2 aromatic rings. The van der Waals surface area contributed by atoms with Gasteiger partial charge in [-0.1, -0.05) is 11.6 Å². The van der Waals surface area contributed by atoms with Crippen molar-refractivity contribution in [2.75, 3.05) is 5.73 Å². The zero-order valence-corrected chi connectivity index (χ0v) is 8.26. The largest absolute Gasteiger partial charge is 0.451 e. The van der Waals surface area contributed by atoms with Crippen LogP contribution in [0.4, 0.5) is 5.69 Å². The molecule has 0 fully saturated rings. The molecule has 2 N–H and O–H groups in total. The molecule has 0 aliphatic heterocycles. The van der Waals surface area contributed by atoms with Gasteiger partial charge in [0.1, 0.15) is 0 Å². The van der Waals surface area contributed by atoms with E-state index in [4.69, 9.17) is 21.8 Å². The van der Waals surface area contributed by atoms with Crippen LogP contribution in [0, 0.1) is 0 Å². The summed E-state index contributed by atoms with van der Waals surface area (Å²) in [7, 11) is 0. The van der Waals surface area contributed by atoms with Gasteiger partial charge in [0.15, 0.2) is 17.1 Å². The van der Waals surface area contributed by atoms with Gasteiger partial charge in [-0.25, -0.2) is 0 Å². The van der Waals surface area contributed by atoms with Gasteiger partial charge in [0.2, 0.25) is 0 Å². The molecule has 0 unspecified atom stereocenters. The first kappa shape index (κ1) is 9.09. The van der Waals surface area contributed by atoms with Crippen LogP contribution in [-0.2, 0) is 0 Å². The van der Waals surface area contributed by atoms with Gasteiger partial charge >= 0.3 is 0 Å². The lowest BCUT2D eigenvalue weighted by atomic mass is 10.2. The summed E-state index contributed by atoms with van der Waals surface area (Å²) in [5.74, 6) is 0.172. The van der Waals surface area contributed by atoms with Crippen molar-refractivity contribution < 1.29 is 9.21 Å². The smallest absolute Gasteiger partial charge is 0.194 e. The number of halogens is 1. The molecule has 4 heteroatoms. The summed E-state index contributed by atoms with van der Waals surface area (Å²) in [5.41, 5.74) is 6.64. The monoisotopic (exact) mass is 209 g/mol. The summed E-state index contributed by atoms with van der Waals surface area (Å²) in [4.78, 5) is 11.0. The zero-order chi connectivity index (χ0) is 10.3. The number of carbonyl (C=O) groups excluding carboxylic acids is 1. The molecule has 2 rings (SSSR count). The molecule has 1 heterocycles. The lowest BCUT2D eigenvalue weighted by Crippen LogP contribution is -1.86. The molecule has 14 heavy (non-hydrogen) atoms. The highest BCUT2D eigenvalue weighted by Crippen LogP contribution is 2.28. The third kappa shape index (κ3) is 1.36. The fourth-order valence-electron chi connectivity index (χ4n) is 1.32. The number of nitrogens with two attached hydrogens (primary N) is 1. The molecule has 72 valence electrons. The summed E-state index contributed by atoms with van der Waals surface area (Å²) in [5, 5.41) is 1.28. The minimum atomic E-state index is -0.128. The van der Waals surface area contributed by atoms with Crippen LogP contribution in [0.1, 0.15) is 17.5 Å². The van der Waals surface area contributed by atoms with E-state index >= 15 is 0 Å². The number of benzene rings is 1. The molecule has 0 bridgehead atoms. The number of ketones is 1. The second-order valence-electron chi connectivity index (χ2n) is 3.08. The van der Waals surface area contributed by atoms with Crippen molar-refractivity contribution in [3.63, 3.8) is 0 Å². The fraction of sp³-hybridized carbons (Fsp3) is 0.100. The number of Topliss-reactive ketones (excluding diaryl/α,β-unsaturated/α-hetero) is 1. The summed E-state index contributed by atoms with van der Waals surface area (Å²) >= 11 is 5.81. The van der Waals surface area contributed by atoms with E-state index in [9.17, 15) is 4.79 Å². The molecular weight excluding hydrogens is 202 g/mol. The lowest BCUT2D eigenvalue weighted by Gasteiger charge is -1.94. The first-order valence-corrected chi connectivity index (χ1v) is 4.45. The van der Waals surface area contributed by atoms with Gasteiger partial charge < -0.3 is 10.2 Å². The third-order valence-corrected chi connectivity index (χ3v) is 2.17. The van der Waals surface area contributed by atoms with Gasteiger partial charge in [0, 0.05) is 17.3 Å². The van der Waals surface area contributed by atoms with E-state index in [2.05, 4.69) is 0 Å². The number of anilines is 1. The molecule has 0 amide bonds. The van der Waals surface area contributed by atoms with Crippen molar-refractivity contribution in [1.29, 1.82) is 0 Å². The zero-order valence-electron chi connectivity index (χ0n) is 7.50. The molecule has 0 aliphatic carbocycles. The standard InChI is InChI=1S/C10H8ClNO2/c1-5(13)9-3-6-2-7(11)4-8(12)10(6)14-9/h2-4H,12H2,1H3. The number of fused-ring (bicyclic) bond motifs is 1. The average Bonchev–Trinajstić information content (AvgIpc) is 2.47. The van der Waals surface area contributed by atoms with Gasteiger partial charge in [-0.05, 0) is 18.2 Å². The van der Waals surface area contributed by atoms with Crippen molar-refractivity contribution in [2.45, 2.75) is 6.92 Å². The van der Waals surface area contributed by atoms with Crippen LogP contribution >= 0.6 is 11.6 Å². The highest BCUT2D eigenvalue weighted by Gasteiger charge is 2.10. The van der Waals surface area contributed by atoms with Crippen LogP contribution in [-0.4, -0.2) is 5.78 Å². The Morgan fingerprint density at radius 1 is 1.43 bits per heavy atom. The van der Waals surface area contributed by atoms with Crippen LogP contribution in [0.2, 0.25) is 5.02 Å². The fourth-order valence-corrected chi connectivity index (χ4v) is 1.55. The topological polar surface area (TPSA) is 56.2 Å². The van der Waals surface area contributed by atoms with E-state index in [-0.39, 0.29) is 5.78 Å². The molecule has 3 nitrogen and oxygen atoms in total. The normalized spacial score (nSPS) is 10.7. The van der Waals surface area contributed by atoms with Gasteiger partial charge in [0.05, 0.1) is 5.69 Å². The molecule has 0 radical (unpaired) electrons. The highest BCUT2D eigenvalue weighted by atomic mass is 35.5. The molecule has 1 aromatic carbocycles. The predicted molar refractivity (Wildman–Crippen MR) is 55.6 cm³/mol. The van der Waals surface area contributed by atoms with Crippen molar-refractivity contribution in [3.8, 4) is 0 Å². The van der Waals surface area contributed by atoms with Crippen molar-refractivity contribution in [3.05, 3.63) is 29.0 Å². The molecule has 0 aliphatic rings. The molecule has 0 spiro atoms. The van der Waals surface area contributed by atoms with Crippen LogP contribution in [0.15, 0.2) is 22.6 Å². The predicted octanol–water partition coefficient (Wildman–Crippen LogP) is 2.87. The summed E-state index contributed by atoms with van der Waals surface area (Å²) in [6, 6.07) is 4.94. The summed E-state index contributed by atoms with van der Waals surface area (Å²) in [6.45, 7) is 1.44. The Bertz CT molecular complexity index is 516. The summed E-state index contributed by atoms with van der Waals surface area (Å²) in [6.07, 6.45) is 0. The van der Waals surface area contributed by atoms with E-state index in [0.717, 1.165) is 5.39 Å². The number of carbonyl (C=O) groups is 1. The number of furan rings is 1. The van der Waals surface area contributed by atoms with E-state index in [1.54, 1.807) is 18.2 Å². The molecule has 1 aromatic heterocycles. The Labute approximate surface area is 85.4 Å². The first-order chi connectivity index (χ1) is 6.58. The van der Waals surface area contributed by atoms with Crippen molar-refractivity contribution in [1.82, 2.24) is 0 Å². The molecule has 0 saturated carbocycles. The minimum Gasteiger partial charge on any atom is -0.451 e. The Hall–Kier alpha value is -1.48. The molecule has 0 atom stereocenters. The second-order valence-corrected chi connectivity index (χ2v) is 3.52. The quantitative estimate of drug-likeness (QED) is 0.580. The SMILES string of the molecule is CC(=O)c1cc2cc(Cl)cc(N)c2o1. The van der Waals surface area contributed by atoms with Crippen LogP contribution in [0.25, 0.3) is 11.0 Å². The minimum absolute atomic E-state index is 0.128. The van der Waals surface area contributed by atoms with Crippen molar-refractivity contribution in [2.24, 2.45) is 0 Å². The maximum Gasteiger partial charge on any atom is 0.194 e. The highest BCUT2D eigenvalue weighted by molar-refractivity contribution is 6.31. The van der Waals surface area contributed by atoms with Gasteiger partial charge in [0.25, 0.3) is 0 Å². The van der Waals surface area contributed by atoms with Crippen LogP contribution in [0.5, 0.6) is 0 Å². The Kier molecular flexibility index (Phi) is 1.97. The Morgan fingerprint density at radius 2 is 2.14 bits per heavy atom. The van der Waals surface area contributed by atoms with Crippen LogP contribution in [0.3, 0.4) is 0 Å². The van der Waals surface area contributed by atoms with E-state index < -0.39 is 0 Å². The van der Waals surface area contributed by atoms with Gasteiger partial charge in [-0.2, -0.15) is 0 Å². The van der Waals surface area contributed by atoms with Crippen LogP contribution < -0.4 is 5.73 Å². The number of nitrogen functional groups attached to an aromatic ring is 1. The maximum atomic E-state index is 11.0. The molecule has 0 saturated heterocycles. The van der Waals surface area contributed by atoms with Crippen molar-refractivity contribution >= 4 is 34.0 Å². The maximum absolute atomic E-state index is 11.0. The number of rotatable bonds is 1. The summed E-state index contributed by atoms with van der Waals surface area (Å²) < 4.78 is 5.28. The average molecular weight is 210 g/mol. The molecular formula is C10H8ClNO2. The van der Waals surface area contributed by atoms with Gasteiger partial charge in [-0.15, -0.1) is 0 Å². The number of hydrogen-bond donors (Lipinski definition) is 1. The van der Waals surface area contributed by atoms with E-state index in [0.29, 0.717) is 22.1 Å². The third-order valence-electron chi connectivity index (χ3n) is 1.96. The Morgan fingerprint density at radius 3 is 2.79 bits per heavy atom. The second kappa shape index (κ2) is 3.03. The number of hydrogen-bond acceptors (Lipinski definition) is 3. The lowest BCUT2D eigenvalue weighted by molar-refractivity contribution is 0.0989. The first-order valence-electron chi connectivity index (χ1n) is 4.07. The van der Waals surface area contributed by atoms with E-state index in [1.807, 2.05) is 0 Å². The van der Waals surface area contributed by atoms with Gasteiger partial charge in [-0.3, -0.25) is 4.79 Å². The Balaban J connectivity index is 2.76. The van der Waals surface area contributed by atoms with E-state index in [1.165, 1.54) is 6.92 Å².